The number of carboxylic acids is 1. The maximum atomic E-state index is 10.7. The van der Waals surface area contributed by atoms with Gasteiger partial charge in [0.25, 0.3) is 0 Å². The van der Waals surface area contributed by atoms with Gasteiger partial charge in [0.15, 0.2) is 0 Å². The molecular weight excluding hydrogens is 192 g/mol. The Kier molecular flexibility index (Phi) is 2.73. The lowest BCUT2D eigenvalue weighted by atomic mass is 9.70. The van der Waals surface area contributed by atoms with E-state index in [4.69, 9.17) is 5.11 Å². The molecule has 0 aromatic rings. The molecule has 0 radical (unpaired) electrons. The normalized spacial score (nSPS) is 26.5. The van der Waals surface area contributed by atoms with Gasteiger partial charge in [0.2, 0.25) is 0 Å². The fraction of sp³-hybridized carbons (Fsp3) is 0.909. The summed E-state index contributed by atoms with van der Waals surface area (Å²) in [5, 5.41) is 15.5. The fourth-order valence-corrected chi connectivity index (χ4v) is 2.39. The van der Waals surface area contributed by atoms with E-state index in [0.717, 1.165) is 19.6 Å². The highest BCUT2D eigenvalue weighted by Crippen LogP contribution is 2.40. The summed E-state index contributed by atoms with van der Waals surface area (Å²) < 4.78 is 0. The zero-order chi connectivity index (χ0) is 10.9. The second-order valence-corrected chi connectivity index (χ2v) is 5.47. The minimum atomic E-state index is -0.706. The first-order valence-corrected chi connectivity index (χ1v) is 5.71. The third-order valence-electron chi connectivity index (χ3n) is 3.87. The van der Waals surface area contributed by atoms with Crippen molar-refractivity contribution in [1.29, 1.82) is 0 Å². The van der Waals surface area contributed by atoms with Gasteiger partial charge in [-0.2, -0.15) is 0 Å². The summed E-state index contributed by atoms with van der Waals surface area (Å²) in [5.41, 5.74) is 0.242. The first-order chi connectivity index (χ1) is 7.04. The fourth-order valence-electron chi connectivity index (χ4n) is 2.39. The van der Waals surface area contributed by atoms with Crippen LogP contribution in [-0.4, -0.2) is 36.2 Å². The van der Waals surface area contributed by atoms with Gasteiger partial charge in [-0.3, -0.25) is 4.79 Å². The van der Waals surface area contributed by atoms with E-state index >= 15 is 0 Å². The lowest BCUT2D eigenvalue weighted by Crippen LogP contribution is -2.69. The lowest BCUT2D eigenvalue weighted by Gasteiger charge is -2.47. The van der Waals surface area contributed by atoms with Gasteiger partial charge in [-0.05, 0) is 18.3 Å². The van der Waals surface area contributed by atoms with Gasteiger partial charge in [0.05, 0.1) is 12.0 Å². The molecule has 0 atom stereocenters. The van der Waals surface area contributed by atoms with Crippen LogP contribution in [0.5, 0.6) is 0 Å². The van der Waals surface area contributed by atoms with Gasteiger partial charge in [-0.25, -0.2) is 0 Å². The van der Waals surface area contributed by atoms with Gasteiger partial charge >= 0.3 is 5.97 Å². The Balaban J connectivity index is 1.82. The third-order valence-corrected chi connectivity index (χ3v) is 3.87. The molecule has 0 amide bonds. The maximum Gasteiger partial charge on any atom is 0.305 e. The molecule has 1 saturated carbocycles. The average Bonchev–Trinajstić information content (AvgIpc) is 2.05. The van der Waals surface area contributed by atoms with E-state index in [1.165, 1.54) is 19.3 Å². The van der Waals surface area contributed by atoms with Crippen LogP contribution in [-0.2, 0) is 4.79 Å². The molecule has 0 aromatic heterocycles. The summed E-state index contributed by atoms with van der Waals surface area (Å²) in [4.78, 5) is 10.7. The van der Waals surface area contributed by atoms with Crippen molar-refractivity contribution in [2.75, 3.05) is 19.6 Å². The van der Waals surface area contributed by atoms with Crippen LogP contribution >= 0.6 is 0 Å². The molecule has 0 bridgehead atoms. The summed E-state index contributed by atoms with van der Waals surface area (Å²) in [6.45, 7) is 4.82. The molecule has 1 aliphatic heterocycles. The quantitative estimate of drug-likeness (QED) is 0.624. The van der Waals surface area contributed by atoms with Crippen LogP contribution in [0.2, 0.25) is 0 Å². The molecule has 3 N–H and O–H groups in total. The lowest BCUT2D eigenvalue weighted by molar-refractivity contribution is -0.139. The summed E-state index contributed by atoms with van der Waals surface area (Å²) in [6.07, 6.45) is 4.10. The van der Waals surface area contributed by atoms with Crippen LogP contribution in [0, 0.1) is 5.41 Å². The standard InChI is InChI=1S/C11H20N2O2/c1-10(3-2-4-10)6-13-11(5-9(14)15)7-12-8-11/h12-13H,2-8H2,1H3,(H,14,15). The molecule has 1 heterocycles. The van der Waals surface area contributed by atoms with Crippen molar-refractivity contribution < 1.29 is 9.90 Å². The van der Waals surface area contributed by atoms with E-state index in [-0.39, 0.29) is 12.0 Å². The molecule has 2 fully saturated rings. The molecule has 1 saturated heterocycles. The van der Waals surface area contributed by atoms with E-state index in [1.807, 2.05) is 0 Å². The molecule has 86 valence electrons. The third kappa shape index (κ3) is 2.32. The molecule has 0 spiro atoms. The van der Waals surface area contributed by atoms with Gasteiger partial charge in [-0.15, -0.1) is 0 Å². The number of rotatable bonds is 5. The number of aliphatic carboxylic acids is 1. The second-order valence-electron chi connectivity index (χ2n) is 5.47. The maximum absolute atomic E-state index is 10.7. The predicted molar refractivity (Wildman–Crippen MR) is 57.8 cm³/mol. The molecular formula is C11H20N2O2. The van der Waals surface area contributed by atoms with Gasteiger partial charge in [0.1, 0.15) is 0 Å². The molecule has 2 aliphatic rings. The van der Waals surface area contributed by atoms with Crippen molar-refractivity contribution in [2.45, 2.75) is 38.1 Å². The number of carbonyl (C=O) groups is 1. The molecule has 4 nitrogen and oxygen atoms in total. The highest BCUT2D eigenvalue weighted by molar-refractivity contribution is 5.68. The Morgan fingerprint density at radius 1 is 1.47 bits per heavy atom. The summed E-state index contributed by atoms with van der Waals surface area (Å²) in [5.74, 6) is -0.706. The number of nitrogens with one attached hydrogen (secondary N) is 2. The van der Waals surface area contributed by atoms with Gasteiger partial charge < -0.3 is 15.7 Å². The predicted octanol–water partition coefficient (Wildman–Crippen LogP) is 0.583. The summed E-state index contributed by atoms with van der Waals surface area (Å²) in [7, 11) is 0. The number of carboxylic acid groups (broad SMARTS) is 1. The van der Waals surface area contributed by atoms with Crippen LogP contribution in [0.4, 0.5) is 0 Å². The average molecular weight is 212 g/mol. The van der Waals surface area contributed by atoms with Crippen LogP contribution in [0.25, 0.3) is 0 Å². The van der Waals surface area contributed by atoms with Crippen LogP contribution in [0.3, 0.4) is 0 Å². The Morgan fingerprint density at radius 3 is 2.47 bits per heavy atom. The van der Waals surface area contributed by atoms with Crippen LogP contribution < -0.4 is 10.6 Å². The van der Waals surface area contributed by atoms with E-state index in [9.17, 15) is 4.79 Å². The zero-order valence-corrected chi connectivity index (χ0v) is 9.31. The van der Waals surface area contributed by atoms with Crippen LogP contribution in [0.15, 0.2) is 0 Å². The van der Waals surface area contributed by atoms with Crippen molar-refractivity contribution in [3.63, 3.8) is 0 Å². The van der Waals surface area contributed by atoms with Crippen molar-refractivity contribution in [3.8, 4) is 0 Å². The van der Waals surface area contributed by atoms with Gasteiger partial charge in [-0.1, -0.05) is 13.3 Å². The summed E-state index contributed by atoms with van der Waals surface area (Å²) >= 11 is 0. The van der Waals surface area contributed by atoms with E-state index in [2.05, 4.69) is 17.6 Å². The molecule has 0 unspecified atom stereocenters. The highest BCUT2D eigenvalue weighted by atomic mass is 16.4. The van der Waals surface area contributed by atoms with Crippen molar-refractivity contribution in [1.82, 2.24) is 10.6 Å². The van der Waals surface area contributed by atoms with E-state index in [0.29, 0.717) is 5.41 Å². The first-order valence-electron chi connectivity index (χ1n) is 5.71. The molecule has 0 aromatic carbocycles. The second kappa shape index (κ2) is 3.76. The SMILES string of the molecule is CC1(CNC2(CC(=O)O)CNC2)CCC1. The minimum Gasteiger partial charge on any atom is -0.481 e. The number of hydrogen-bond donors (Lipinski definition) is 3. The number of hydrogen-bond acceptors (Lipinski definition) is 3. The van der Waals surface area contributed by atoms with Crippen molar-refractivity contribution in [3.05, 3.63) is 0 Å². The van der Waals surface area contributed by atoms with Crippen molar-refractivity contribution in [2.24, 2.45) is 5.41 Å². The van der Waals surface area contributed by atoms with E-state index < -0.39 is 5.97 Å². The van der Waals surface area contributed by atoms with E-state index in [1.54, 1.807) is 0 Å². The zero-order valence-electron chi connectivity index (χ0n) is 9.31. The Hall–Kier alpha value is -0.610. The Labute approximate surface area is 90.4 Å². The summed E-state index contributed by atoms with van der Waals surface area (Å²) in [6, 6.07) is 0. The minimum absolute atomic E-state index is 0.176. The molecule has 1 aliphatic carbocycles. The Morgan fingerprint density at radius 2 is 2.13 bits per heavy atom. The Bertz CT molecular complexity index is 257. The van der Waals surface area contributed by atoms with Gasteiger partial charge in [0, 0.05) is 19.6 Å². The molecule has 4 heteroatoms. The van der Waals surface area contributed by atoms with Crippen molar-refractivity contribution >= 4 is 5.97 Å². The largest absolute Gasteiger partial charge is 0.481 e. The topological polar surface area (TPSA) is 61.4 Å². The smallest absolute Gasteiger partial charge is 0.305 e. The highest BCUT2D eigenvalue weighted by Gasteiger charge is 2.41. The monoisotopic (exact) mass is 212 g/mol. The molecule has 2 rings (SSSR count). The van der Waals surface area contributed by atoms with Crippen LogP contribution in [0.1, 0.15) is 32.6 Å². The first kappa shape index (κ1) is 10.9. The molecule has 15 heavy (non-hydrogen) atoms.